The van der Waals surface area contributed by atoms with Gasteiger partial charge in [-0.2, -0.15) is 0 Å². The van der Waals surface area contributed by atoms with Gasteiger partial charge in [0.15, 0.2) is 5.69 Å². The topological polar surface area (TPSA) is 69.1 Å². The first-order valence-corrected chi connectivity index (χ1v) is 3.91. The summed E-state index contributed by atoms with van der Waals surface area (Å²) in [5.74, 6) is 0.168. The number of primary amides is 1. The van der Waals surface area contributed by atoms with E-state index in [1.807, 2.05) is 6.92 Å². The maximum absolute atomic E-state index is 10.8. The monoisotopic (exact) mass is 168 g/mol. The third-order valence-corrected chi connectivity index (χ3v) is 1.72. The second kappa shape index (κ2) is 3.38. The molecule has 0 saturated heterocycles. The molecule has 0 spiro atoms. The van der Waals surface area contributed by atoms with E-state index in [1.165, 1.54) is 0 Å². The third kappa shape index (κ3) is 1.47. The molecular formula is C8H12N2O2. The van der Waals surface area contributed by atoms with Crippen LogP contribution >= 0.6 is 0 Å². The Morgan fingerprint density at radius 3 is 2.83 bits per heavy atom. The molecule has 1 heterocycles. The number of amides is 1. The van der Waals surface area contributed by atoms with Gasteiger partial charge in [-0.3, -0.25) is 4.79 Å². The van der Waals surface area contributed by atoms with Crippen LogP contribution in [0.25, 0.3) is 0 Å². The van der Waals surface area contributed by atoms with Crippen molar-refractivity contribution >= 4 is 5.91 Å². The average molecular weight is 168 g/mol. The van der Waals surface area contributed by atoms with E-state index in [2.05, 4.69) is 5.16 Å². The maximum atomic E-state index is 10.8. The van der Waals surface area contributed by atoms with Crippen LogP contribution in [0.3, 0.4) is 0 Å². The molecule has 0 fully saturated rings. The SMILES string of the molecule is CCCc1c(C(N)=O)noc1C. The largest absolute Gasteiger partial charge is 0.364 e. The second-order valence-electron chi connectivity index (χ2n) is 2.68. The number of aromatic nitrogens is 1. The molecule has 1 aromatic heterocycles. The summed E-state index contributed by atoms with van der Waals surface area (Å²) in [5.41, 5.74) is 6.21. The van der Waals surface area contributed by atoms with Gasteiger partial charge in [0.25, 0.3) is 5.91 Å². The zero-order chi connectivity index (χ0) is 9.14. The van der Waals surface area contributed by atoms with E-state index in [9.17, 15) is 4.79 Å². The van der Waals surface area contributed by atoms with Gasteiger partial charge >= 0.3 is 0 Å². The predicted molar refractivity (Wildman–Crippen MR) is 43.8 cm³/mol. The lowest BCUT2D eigenvalue weighted by atomic mass is 10.1. The molecule has 0 aliphatic carbocycles. The third-order valence-electron chi connectivity index (χ3n) is 1.72. The highest BCUT2D eigenvalue weighted by atomic mass is 16.5. The predicted octanol–water partition coefficient (Wildman–Crippen LogP) is 1.03. The van der Waals surface area contributed by atoms with Crippen molar-refractivity contribution in [3.05, 3.63) is 17.0 Å². The molecular weight excluding hydrogens is 156 g/mol. The number of carbonyl (C=O) groups is 1. The number of hydrogen-bond donors (Lipinski definition) is 1. The van der Waals surface area contributed by atoms with Crippen molar-refractivity contribution in [3.8, 4) is 0 Å². The van der Waals surface area contributed by atoms with Crippen molar-refractivity contribution in [3.63, 3.8) is 0 Å². The molecule has 0 atom stereocenters. The minimum atomic E-state index is -0.518. The highest BCUT2D eigenvalue weighted by Crippen LogP contribution is 2.14. The second-order valence-corrected chi connectivity index (χ2v) is 2.68. The van der Waals surface area contributed by atoms with Crippen LogP contribution in [-0.4, -0.2) is 11.1 Å². The lowest BCUT2D eigenvalue weighted by Gasteiger charge is -1.94. The highest BCUT2D eigenvalue weighted by Gasteiger charge is 2.15. The molecule has 1 rings (SSSR count). The van der Waals surface area contributed by atoms with Crippen LogP contribution in [0.1, 0.15) is 35.2 Å². The van der Waals surface area contributed by atoms with E-state index >= 15 is 0 Å². The molecule has 0 bridgehead atoms. The molecule has 0 aliphatic rings. The first kappa shape index (κ1) is 8.77. The molecule has 0 saturated carbocycles. The average Bonchev–Trinajstić information content (AvgIpc) is 2.34. The van der Waals surface area contributed by atoms with Crippen LogP contribution in [0.15, 0.2) is 4.52 Å². The summed E-state index contributed by atoms with van der Waals surface area (Å²) in [7, 11) is 0. The molecule has 12 heavy (non-hydrogen) atoms. The van der Waals surface area contributed by atoms with Crippen LogP contribution in [0.4, 0.5) is 0 Å². The Hall–Kier alpha value is -1.32. The van der Waals surface area contributed by atoms with Crippen LogP contribution in [0, 0.1) is 6.92 Å². The summed E-state index contributed by atoms with van der Waals surface area (Å²) in [6.07, 6.45) is 1.73. The Morgan fingerprint density at radius 1 is 1.67 bits per heavy atom. The molecule has 2 N–H and O–H groups in total. The number of carbonyl (C=O) groups excluding carboxylic acids is 1. The minimum absolute atomic E-state index is 0.273. The first-order chi connectivity index (χ1) is 5.66. The normalized spacial score (nSPS) is 10.2. The van der Waals surface area contributed by atoms with Crippen LogP contribution < -0.4 is 5.73 Å². The molecule has 1 aromatic rings. The van der Waals surface area contributed by atoms with Gasteiger partial charge in [-0.05, 0) is 13.3 Å². The minimum Gasteiger partial charge on any atom is -0.364 e. The van der Waals surface area contributed by atoms with Gasteiger partial charge in [-0.15, -0.1) is 0 Å². The van der Waals surface area contributed by atoms with Gasteiger partial charge in [-0.25, -0.2) is 0 Å². The maximum Gasteiger partial charge on any atom is 0.271 e. The summed E-state index contributed by atoms with van der Waals surface area (Å²) in [4.78, 5) is 10.8. The lowest BCUT2D eigenvalue weighted by molar-refractivity contribution is 0.0991. The Morgan fingerprint density at radius 2 is 2.33 bits per heavy atom. The van der Waals surface area contributed by atoms with E-state index in [1.54, 1.807) is 6.92 Å². The zero-order valence-electron chi connectivity index (χ0n) is 7.26. The summed E-state index contributed by atoms with van der Waals surface area (Å²) in [5, 5.41) is 3.58. The molecule has 66 valence electrons. The Bertz CT molecular complexity index is 291. The molecule has 1 amide bonds. The van der Waals surface area contributed by atoms with Gasteiger partial charge in [0.1, 0.15) is 5.76 Å². The summed E-state index contributed by atoms with van der Waals surface area (Å²) < 4.78 is 4.86. The summed E-state index contributed by atoms with van der Waals surface area (Å²) in [6.45, 7) is 3.81. The number of hydrogen-bond acceptors (Lipinski definition) is 3. The highest BCUT2D eigenvalue weighted by molar-refractivity contribution is 5.92. The van der Waals surface area contributed by atoms with E-state index in [4.69, 9.17) is 10.3 Å². The molecule has 0 unspecified atom stereocenters. The van der Waals surface area contributed by atoms with Gasteiger partial charge < -0.3 is 10.3 Å². The molecule has 0 radical (unpaired) electrons. The van der Waals surface area contributed by atoms with E-state index < -0.39 is 5.91 Å². The number of aryl methyl sites for hydroxylation is 1. The van der Waals surface area contributed by atoms with Crippen LogP contribution in [-0.2, 0) is 6.42 Å². The van der Waals surface area contributed by atoms with Crippen molar-refractivity contribution < 1.29 is 9.32 Å². The fourth-order valence-corrected chi connectivity index (χ4v) is 1.13. The van der Waals surface area contributed by atoms with Crippen molar-refractivity contribution in [1.82, 2.24) is 5.16 Å². The number of nitrogens with two attached hydrogens (primary N) is 1. The quantitative estimate of drug-likeness (QED) is 0.732. The smallest absolute Gasteiger partial charge is 0.271 e. The molecule has 0 aliphatic heterocycles. The van der Waals surface area contributed by atoms with Gasteiger partial charge in [-0.1, -0.05) is 18.5 Å². The number of nitrogens with zero attached hydrogens (tertiary/aromatic N) is 1. The van der Waals surface area contributed by atoms with Crippen LogP contribution in [0.5, 0.6) is 0 Å². The lowest BCUT2D eigenvalue weighted by Crippen LogP contribution is -2.13. The van der Waals surface area contributed by atoms with Gasteiger partial charge in [0.05, 0.1) is 0 Å². The van der Waals surface area contributed by atoms with E-state index in [-0.39, 0.29) is 5.69 Å². The van der Waals surface area contributed by atoms with Crippen LogP contribution in [0.2, 0.25) is 0 Å². The van der Waals surface area contributed by atoms with Gasteiger partial charge in [0.2, 0.25) is 0 Å². The molecule has 0 aromatic carbocycles. The summed E-state index contributed by atoms with van der Waals surface area (Å²) >= 11 is 0. The van der Waals surface area contributed by atoms with E-state index in [0.717, 1.165) is 18.4 Å². The Labute approximate surface area is 70.7 Å². The van der Waals surface area contributed by atoms with E-state index in [0.29, 0.717) is 5.76 Å². The number of rotatable bonds is 3. The molecule has 4 heteroatoms. The van der Waals surface area contributed by atoms with Crippen molar-refractivity contribution in [1.29, 1.82) is 0 Å². The first-order valence-electron chi connectivity index (χ1n) is 3.91. The summed E-state index contributed by atoms with van der Waals surface area (Å²) in [6, 6.07) is 0. The van der Waals surface area contributed by atoms with Gasteiger partial charge in [0, 0.05) is 5.56 Å². The fourth-order valence-electron chi connectivity index (χ4n) is 1.13. The van der Waals surface area contributed by atoms with Crippen molar-refractivity contribution in [2.75, 3.05) is 0 Å². The Balaban J connectivity index is 3.03. The Kier molecular flexibility index (Phi) is 2.47. The van der Waals surface area contributed by atoms with Crippen molar-refractivity contribution in [2.24, 2.45) is 5.73 Å². The fraction of sp³-hybridized carbons (Fsp3) is 0.500. The molecule has 4 nitrogen and oxygen atoms in total. The zero-order valence-corrected chi connectivity index (χ0v) is 7.26. The standard InChI is InChI=1S/C8H12N2O2/c1-3-4-6-5(2)12-10-7(6)8(9)11/h3-4H2,1-2H3,(H2,9,11). The van der Waals surface area contributed by atoms with Crippen molar-refractivity contribution in [2.45, 2.75) is 26.7 Å².